The minimum atomic E-state index is 0.823. The summed E-state index contributed by atoms with van der Waals surface area (Å²) in [5.41, 5.74) is 3.94. The van der Waals surface area contributed by atoms with E-state index in [9.17, 15) is 0 Å². The average molecular weight is 435 g/mol. The molecule has 34 heavy (non-hydrogen) atoms. The van der Waals surface area contributed by atoms with Crippen molar-refractivity contribution in [3.63, 3.8) is 0 Å². The Kier molecular flexibility index (Phi) is 3.36. The first kappa shape index (κ1) is 17.8. The summed E-state index contributed by atoms with van der Waals surface area (Å²) in [6, 6.07) is 31.9. The summed E-state index contributed by atoms with van der Waals surface area (Å²) in [5, 5.41) is 9.42. The summed E-state index contributed by atoms with van der Waals surface area (Å²) in [6.45, 7) is 0. The lowest BCUT2D eigenvalue weighted by molar-refractivity contribution is 0.671. The van der Waals surface area contributed by atoms with Crippen molar-refractivity contribution in [1.29, 1.82) is 0 Å². The van der Waals surface area contributed by atoms with Gasteiger partial charge in [-0.05, 0) is 28.3 Å². The molecule has 0 radical (unpaired) electrons. The predicted octanol–water partition coefficient (Wildman–Crippen LogP) is 7.78. The Hall–Kier alpha value is -4.70. The molecule has 0 atom stereocenters. The highest BCUT2D eigenvalue weighted by atomic mass is 16.3. The standard InChI is InChI=1S/C30H17N3O/c1-2-8-19-18(7-1)13-14-23-26-20-9-3-4-10-21(20)27-22-11-5-6-12-24(22)34-30(27)29(26)33(28(19)23)25-15-16-31-17-32-25/h1-17H. The highest BCUT2D eigenvalue weighted by Gasteiger charge is 2.24. The SMILES string of the molecule is c1ccc2c(c1)ccc1c3c4ccccc4c4c5ccccc5oc4c3n(-c3ccncn3)c21. The van der Waals surface area contributed by atoms with Gasteiger partial charge in [-0.3, -0.25) is 4.57 Å². The van der Waals surface area contributed by atoms with Crippen molar-refractivity contribution in [2.24, 2.45) is 0 Å². The van der Waals surface area contributed by atoms with Gasteiger partial charge in [-0.1, -0.05) is 78.9 Å². The third-order valence-corrected chi connectivity index (χ3v) is 6.93. The normalized spacial score (nSPS) is 12.1. The molecule has 0 saturated heterocycles. The molecular weight excluding hydrogens is 418 g/mol. The molecule has 0 aliphatic heterocycles. The van der Waals surface area contributed by atoms with Gasteiger partial charge >= 0.3 is 0 Å². The lowest BCUT2D eigenvalue weighted by Gasteiger charge is -2.09. The summed E-state index contributed by atoms with van der Waals surface area (Å²) >= 11 is 0. The van der Waals surface area contributed by atoms with Gasteiger partial charge in [0.05, 0.1) is 11.0 Å². The van der Waals surface area contributed by atoms with Crippen molar-refractivity contribution in [2.45, 2.75) is 0 Å². The van der Waals surface area contributed by atoms with Gasteiger partial charge < -0.3 is 4.42 Å². The number of fused-ring (bicyclic) bond motifs is 12. The van der Waals surface area contributed by atoms with E-state index in [0.717, 1.165) is 38.8 Å². The number of nitrogens with zero attached hydrogens (tertiary/aromatic N) is 3. The van der Waals surface area contributed by atoms with Crippen LogP contribution in [0.5, 0.6) is 0 Å². The van der Waals surface area contributed by atoms with Crippen LogP contribution in [0.25, 0.3) is 71.1 Å². The largest absolute Gasteiger partial charge is 0.454 e. The van der Waals surface area contributed by atoms with Crippen molar-refractivity contribution in [3.8, 4) is 5.82 Å². The lowest BCUT2D eigenvalue weighted by atomic mass is 9.98. The molecule has 3 heterocycles. The molecule has 8 aromatic rings. The van der Waals surface area contributed by atoms with Gasteiger partial charge in [-0.2, -0.15) is 0 Å². The first-order valence-corrected chi connectivity index (χ1v) is 11.3. The molecule has 0 bridgehead atoms. The molecule has 5 aromatic carbocycles. The van der Waals surface area contributed by atoms with Gasteiger partial charge in [0.15, 0.2) is 5.58 Å². The van der Waals surface area contributed by atoms with Crippen LogP contribution in [0.3, 0.4) is 0 Å². The summed E-state index contributed by atoms with van der Waals surface area (Å²) < 4.78 is 8.87. The van der Waals surface area contributed by atoms with Gasteiger partial charge in [0.1, 0.15) is 17.7 Å². The zero-order valence-corrected chi connectivity index (χ0v) is 18.1. The fourth-order valence-electron chi connectivity index (χ4n) is 5.58. The van der Waals surface area contributed by atoms with E-state index in [-0.39, 0.29) is 0 Å². The Morgan fingerprint density at radius 3 is 2.15 bits per heavy atom. The molecule has 0 saturated carbocycles. The second-order valence-electron chi connectivity index (χ2n) is 8.66. The minimum absolute atomic E-state index is 0.823. The zero-order chi connectivity index (χ0) is 22.2. The van der Waals surface area contributed by atoms with Crippen LogP contribution in [0.2, 0.25) is 0 Å². The van der Waals surface area contributed by atoms with E-state index in [1.165, 1.54) is 32.3 Å². The van der Waals surface area contributed by atoms with E-state index < -0.39 is 0 Å². The monoisotopic (exact) mass is 435 g/mol. The maximum atomic E-state index is 6.61. The van der Waals surface area contributed by atoms with E-state index in [1.54, 1.807) is 12.5 Å². The summed E-state index contributed by atoms with van der Waals surface area (Å²) in [7, 11) is 0. The Balaban J connectivity index is 1.79. The van der Waals surface area contributed by atoms with Crippen LogP contribution in [0.1, 0.15) is 0 Å². The maximum absolute atomic E-state index is 6.61. The first-order valence-electron chi connectivity index (χ1n) is 11.3. The van der Waals surface area contributed by atoms with Gasteiger partial charge in [-0.15, -0.1) is 0 Å². The molecule has 0 amide bonds. The fraction of sp³-hybridized carbons (Fsp3) is 0. The topological polar surface area (TPSA) is 43.9 Å². The highest BCUT2D eigenvalue weighted by Crippen LogP contribution is 2.46. The molecule has 0 fully saturated rings. The van der Waals surface area contributed by atoms with Crippen molar-refractivity contribution >= 4 is 65.3 Å². The fourth-order valence-corrected chi connectivity index (χ4v) is 5.58. The van der Waals surface area contributed by atoms with Crippen LogP contribution in [-0.2, 0) is 0 Å². The predicted molar refractivity (Wildman–Crippen MR) is 139 cm³/mol. The second-order valence-corrected chi connectivity index (χ2v) is 8.66. The molecule has 4 heteroatoms. The van der Waals surface area contributed by atoms with Gasteiger partial charge in [0.25, 0.3) is 0 Å². The second kappa shape index (κ2) is 6.42. The molecule has 0 aliphatic rings. The minimum Gasteiger partial charge on any atom is -0.454 e. The van der Waals surface area contributed by atoms with Crippen LogP contribution in [0, 0.1) is 0 Å². The summed E-state index contributed by atoms with van der Waals surface area (Å²) in [6.07, 6.45) is 3.40. The lowest BCUT2D eigenvalue weighted by Crippen LogP contribution is -1.98. The van der Waals surface area contributed by atoms with Gasteiger partial charge in [0.2, 0.25) is 0 Å². The Morgan fingerprint density at radius 2 is 1.32 bits per heavy atom. The molecule has 8 rings (SSSR count). The van der Waals surface area contributed by atoms with Crippen LogP contribution in [-0.4, -0.2) is 14.5 Å². The number of rotatable bonds is 1. The smallest absolute Gasteiger partial charge is 0.160 e. The molecule has 4 nitrogen and oxygen atoms in total. The van der Waals surface area contributed by atoms with Gasteiger partial charge in [-0.25, -0.2) is 9.97 Å². The number of aromatic nitrogens is 3. The van der Waals surface area contributed by atoms with Gasteiger partial charge in [0, 0.05) is 33.1 Å². The van der Waals surface area contributed by atoms with E-state index in [2.05, 4.69) is 87.3 Å². The Bertz CT molecular complexity index is 2070. The first-order chi connectivity index (χ1) is 16.9. The summed E-state index contributed by atoms with van der Waals surface area (Å²) in [5.74, 6) is 0.823. The number of hydrogen-bond donors (Lipinski definition) is 0. The molecule has 0 spiro atoms. The quantitative estimate of drug-likeness (QED) is 0.264. The number of furan rings is 1. The molecule has 0 aliphatic carbocycles. The molecule has 0 unspecified atom stereocenters. The zero-order valence-electron chi connectivity index (χ0n) is 18.1. The highest BCUT2D eigenvalue weighted by molar-refractivity contribution is 6.36. The third-order valence-electron chi connectivity index (χ3n) is 6.93. The van der Waals surface area contributed by atoms with Crippen LogP contribution >= 0.6 is 0 Å². The van der Waals surface area contributed by atoms with E-state index in [4.69, 9.17) is 4.42 Å². The van der Waals surface area contributed by atoms with Crippen molar-refractivity contribution < 1.29 is 4.42 Å². The Morgan fingerprint density at radius 1 is 0.588 bits per heavy atom. The van der Waals surface area contributed by atoms with E-state index >= 15 is 0 Å². The molecule has 158 valence electrons. The van der Waals surface area contributed by atoms with Crippen molar-refractivity contribution in [1.82, 2.24) is 14.5 Å². The number of benzene rings is 5. The molecule has 0 N–H and O–H groups in total. The van der Waals surface area contributed by atoms with Crippen LogP contribution < -0.4 is 0 Å². The maximum Gasteiger partial charge on any atom is 0.160 e. The molecular formula is C30H17N3O. The van der Waals surface area contributed by atoms with Crippen LogP contribution in [0.15, 0.2) is 108 Å². The van der Waals surface area contributed by atoms with Crippen molar-refractivity contribution in [3.05, 3.63) is 104 Å². The average Bonchev–Trinajstić information content (AvgIpc) is 3.46. The third kappa shape index (κ3) is 2.17. The number of hydrogen-bond acceptors (Lipinski definition) is 3. The van der Waals surface area contributed by atoms with Crippen molar-refractivity contribution in [2.75, 3.05) is 0 Å². The molecule has 3 aromatic heterocycles. The Labute approximate surface area is 193 Å². The van der Waals surface area contributed by atoms with Crippen LogP contribution in [0.4, 0.5) is 0 Å². The van der Waals surface area contributed by atoms with E-state index in [1.807, 2.05) is 18.2 Å². The number of para-hydroxylation sites is 1. The summed E-state index contributed by atoms with van der Waals surface area (Å²) in [4.78, 5) is 8.86. The van der Waals surface area contributed by atoms with E-state index in [0.29, 0.717) is 0 Å².